The number of carbonyl (C=O) groups excluding carboxylic acids is 1. The molecule has 0 aliphatic rings. The van der Waals surface area contributed by atoms with E-state index in [1.54, 1.807) is 0 Å². The second-order valence-electron chi connectivity index (χ2n) is 3.57. The molecule has 14 nitrogen and oxygen atoms in total. The molecule has 0 aromatic carbocycles. The van der Waals surface area contributed by atoms with Gasteiger partial charge in [-0.3, -0.25) is 30.4 Å². The lowest BCUT2D eigenvalue weighted by Crippen LogP contribution is -2.04. The largest absolute Gasteiger partial charge is 0.476 e. The lowest BCUT2D eigenvalue weighted by molar-refractivity contribution is -0.385. The Morgan fingerprint density at radius 1 is 1.09 bits per heavy atom. The Kier molecular flexibility index (Phi) is 5.42. The van der Waals surface area contributed by atoms with Gasteiger partial charge in [-0.15, -0.1) is 0 Å². The van der Waals surface area contributed by atoms with Crippen LogP contribution in [0.2, 0.25) is 0 Å². The standard InChI is InChI=1S/C5H5N3O4.C4H3N3O4/c1-12-5(9)4-3(8(10)11)2-6-7-4;8-4(9)3-2(7(10)11)1-5-6-3/h2H,1H3,(H,6,7);1H,(H,5,6)(H,8,9). The number of H-pyrrole nitrogens is 2. The van der Waals surface area contributed by atoms with E-state index in [-0.39, 0.29) is 11.4 Å². The van der Waals surface area contributed by atoms with Crippen LogP contribution < -0.4 is 0 Å². The molecule has 0 bridgehead atoms. The number of esters is 1. The number of aromatic carboxylic acids is 1. The Bertz CT molecular complexity index is 720. The average Bonchev–Trinajstić information content (AvgIpc) is 3.15. The van der Waals surface area contributed by atoms with Gasteiger partial charge in [-0.2, -0.15) is 10.2 Å². The number of hydrogen-bond donors (Lipinski definition) is 3. The summed E-state index contributed by atoms with van der Waals surface area (Å²) in [5.74, 6) is -2.20. The van der Waals surface area contributed by atoms with Gasteiger partial charge in [0.25, 0.3) is 0 Å². The maximum Gasteiger partial charge on any atom is 0.363 e. The van der Waals surface area contributed by atoms with E-state index in [0.29, 0.717) is 0 Å². The van der Waals surface area contributed by atoms with Crippen LogP contribution in [-0.4, -0.2) is 54.4 Å². The minimum absolute atomic E-state index is 0.248. The molecule has 0 radical (unpaired) electrons. The number of aromatic nitrogens is 4. The molecule has 2 aromatic heterocycles. The van der Waals surface area contributed by atoms with Crippen molar-refractivity contribution in [3.63, 3.8) is 0 Å². The summed E-state index contributed by atoms with van der Waals surface area (Å²) in [6, 6.07) is 0. The normalized spacial score (nSPS) is 9.43. The van der Waals surface area contributed by atoms with Gasteiger partial charge in [-0.05, 0) is 0 Å². The van der Waals surface area contributed by atoms with Gasteiger partial charge < -0.3 is 9.84 Å². The summed E-state index contributed by atoms with van der Waals surface area (Å²) < 4.78 is 4.27. The van der Waals surface area contributed by atoms with Crippen molar-refractivity contribution in [2.24, 2.45) is 0 Å². The van der Waals surface area contributed by atoms with E-state index >= 15 is 0 Å². The Hall–Kier alpha value is -3.84. The molecule has 14 heteroatoms. The lowest BCUT2D eigenvalue weighted by atomic mass is 10.4. The highest BCUT2D eigenvalue weighted by Gasteiger charge is 2.23. The Morgan fingerprint density at radius 2 is 1.52 bits per heavy atom. The number of ether oxygens (including phenoxy) is 1. The summed E-state index contributed by atoms with van der Waals surface area (Å²) in [5.41, 5.74) is -1.67. The maximum absolute atomic E-state index is 10.8. The predicted molar refractivity (Wildman–Crippen MR) is 68.8 cm³/mol. The molecule has 0 aliphatic carbocycles. The lowest BCUT2D eigenvalue weighted by Gasteiger charge is -1.92. The van der Waals surface area contributed by atoms with E-state index < -0.39 is 33.2 Å². The average molecular weight is 328 g/mol. The highest BCUT2D eigenvalue weighted by atomic mass is 16.6. The number of aromatic amines is 2. The van der Waals surface area contributed by atoms with Gasteiger partial charge in [0, 0.05) is 0 Å². The molecule has 122 valence electrons. The highest BCUT2D eigenvalue weighted by Crippen LogP contribution is 2.14. The molecule has 0 aliphatic heterocycles. The van der Waals surface area contributed by atoms with Crippen LogP contribution in [0.4, 0.5) is 11.4 Å². The third-order valence-electron chi connectivity index (χ3n) is 2.24. The maximum atomic E-state index is 10.8. The fourth-order valence-corrected chi connectivity index (χ4v) is 1.25. The summed E-state index contributed by atoms with van der Waals surface area (Å²) >= 11 is 0. The van der Waals surface area contributed by atoms with Gasteiger partial charge in [-0.25, -0.2) is 9.59 Å². The zero-order valence-corrected chi connectivity index (χ0v) is 11.2. The number of nitrogens with one attached hydrogen (secondary N) is 2. The summed E-state index contributed by atoms with van der Waals surface area (Å²) in [7, 11) is 1.13. The number of carboxylic acids is 1. The van der Waals surface area contributed by atoms with Gasteiger partial charge in [0.15, 0.2) is 0 Å². The molecule has 0 saturated heterocycles. The minimum atomic E-state index is -1.39. The van der Waals surface area contributed by atoms with Crippen LogP contribution in [0.25, 0.3) is 0 Å². The van der Waals surface area contributed by atoms with Crippen molar-refractivity contribution in [1.29, 1.82) is 0 Å². The summed E-state index contributed by atoms with van der Waals surface area (Å²) in [6.45, 7) is 0. The Balaban J connectivity index is 0.000000231. The van der Waals surface area contributed by atoms with Gasteiger partial charge >= 0.3 is 23.3 Å². The SMILES string of the molecule is COC(=O)c1[nH]ncc1[N+](=O)[O-].O=C(O)c1[nH]ncc1[N+](=O)[O-]. The van der Waals surface area contributed by atoms with E-state index in [1.807, 2.05) is 5.10 Å². The van der Waals surface area contributed by atoms with Gasteiger partial charge in [-0.1, -0.05) is 0 Å². The third-order valence-corrected chi connectivity index (χ3v) is 2.24. The molecule has 2 rings (SSSR count). The quantitative estimate of drug-likeness (QED) is 0.392. The highest BCUT2D eigenvalue weighted by molar-refractivity contribution is 5.91. The second kappa shape index (κ2) is 7.25. The first kappa shape index (κ1) is 17.2. The third kappa shape index (κ3) is 4.06. The Morgan fingerprint density at radius 3 is 1.87 bits per heavy atom. The molecule has 3 N–H and O–H groups in total. The van der Waals surface area contributed by atoms with Crippen molar-refractivity contribution >= 4 is 23.3 Å². The van der Waals surface area contributed by atoms with Gasteiger partial charge in [0.1, 0.15) is 12.4 Å². The number of carbonyl (C=O) groups is 2. The molecule has 2 heterocycles. The topological polar surface area (TPSA) is 207 Å². The van der Waals surface area contributed by atoms with E-state index in [9.17, 15) is 29.8 Å². The first-order valence-corrected chi connectivity index (χ1v) is 5.46. The van der Waals surface area contributed by atoms with Crippen LogP contribution in [0.1, 0.15) is 21.0 Å². The van der Waals surface area contributed by atoms with Crippen molar-refractivity contribution in [2.75, 3.05) is 7.11 Å². The molecular weight excluding hydrogens is 320 g/mol. The van der Waals surface area contributed by atoms with E-state index in [0.717, 1.165) is 19.5 Å². The fraction of sp³-hybridized carbons (Fsp3) is 0.111. The molecule has 0 unspecified atom stereocenters. The molecule has 0 spiro atoms. The van der Waals surface area contributed by atoms with Crippen molar-refractivity contribution < 1.29 is 29.3 Å². The van der Waals surface area contributed by atoms with Crippen LogP contribution in [0.15, 0.2) is 12.4 Å². The van der Waals surface area contributed by atoms with Crippen LogP contribution in [0.3, 0.4) is 0 Å². The summed E-state index contributed by atoms with van der Waals surface area (Å²) in [5, 5.41) is 39.4. The van der Waals surface area contributed by atoms with Crippen molar-refractivity contribution in [1.82, 2.24) is 20.4 Å². The zero-order valence-electron chi connectivity index (χ0n) is 11.2. The number of nitro groups is 2. The van der Waals surface area contributed by atoms with Crippen molar-refractivity contribution in [2.45, 2.75) is 0 Å². The van der Waals surface area contributed by atoms with E-state index in [2.05, 4.69) is 20.0 Å². The number of hydrogen-bond acceptors (Lipinski definition) is 9. The molecule has 0 amide bonds. The first-order valence-electron chi connectivity index (χ1n) is 5.46. The number of carboxylic acid groups (broad SMARTS) is 1. The number of rotatable bonds is 4. The zero-order chi connectivity index (χ0) is 17.6. The van der Waals surface area contributed by atoms with Crippen molar-refractivity contribution in [3.05, 3.63) is 44.0 Å². The molecule has 23 heavy (non-hydrogen) atoms. The van der Waals surface area contributed by atoms with Crippen LogP contribution in [0, 0.1) is 20.2 Å². The van der Waals surface area contributed by atoms with E-state index in [1.165, 1.54) is 0 Å². The second-order valence-corrected chi connectivity index (χ2v) is 3.57. The molecule has 2 aromatic rings. The first-order chi connectivity index (χ1) is 10.8. The monoisotopic (exact) mass is 328 g/mol. The van der Waals surface area contributed by atoms with Gasteiger partial charge in [0.05, 0.1) is 17.0 Å². The minimum Gasteiger partial charge on any atom is -0.476 e. The van der Waals surface area contributed by atoms with Crippen LogP contribution >= 0.6 is 0 Å². The van der Waals surface area contributed by atoms with Crippen LogP contribution in [-0.2, 0) is 4.74 Å². The fourth-order valence-electron chi connectivity index (χ4n) is 1.25. The van der Waals surface area contributed by atoms with Gasteiger partial charge in [0.2, 0.25) is 11.4 Å². The molecule has 0 fully saturated rings. The van der Waals surface area contributed by atoms with Crippen LogP contribution in [0.5, 0.6) is 0 Å². The molecule has 0 atom stereocenters. The predicted octanol–water partition coefficient (Wildman–Crippen LogP) is 0.121. The van der Waals surface area contributed by atoms with Crippen molar-refractivity contribution in [3.8, 4) is 0 Å². The van der Waals surface area contributed by atoms with E-state index in [4.69, 9.17) is 5.11 Å². The summed E-state index contributed by atoms with van der Waals surface area (Å²) in [6.07, 6.45) is 1.80. The molecular formula is C9H8N6O8. The molecule has 0 saturated carbocycles. The number of methoxy groups -OCH3 is 1. The Labute approximate surface area is 125 Å². The number of nitrogens with zero attached hydrogens (tertiary/aromatic N) is 4. The summed E-state index contributed by atoms with van der Waals surface area (Å²) in [4.78, 5) is 39.8. The smallest absolute Gasteiger partial charge is 0.363 e.